The van der Waals surface area contributed by atoms with Gasteiger partial charge in [-0.1, -0.05) is 89.5 Å². The van der Waals surface area contributed by atoms with Gasteiger partial charge in [-0.2, -0.15) is 5.26 Å². The first kappa shape index (κ1) is 25.4. The second kappa shape index (κ2) is 13.5. The van der Waals surface area contributed by atoms with Crippen LogP contribution in [0.25, 0.3) is 11.1 Å². The number of hydrogen-bond acceptors (Lipinski definition) is 3. The van der Waals surface area contributed by atoms with E-state index >= 15 is 0 Å². The summed E-state index contributed by atoms with van der Waals surface area (Å²) >= 11 is 0. The maximum Gasteiger partial charge on any atom is 0.131 e. The maximum absolute atomic E-state index is 9.73. The van der Waals surface area contributed by atoms with Gasteiger partial charge in [-0.25, -0.2) is 9.97 Å². The molecule has 1 heterocycles. The topological polar surface area (TPSA) is 49.6 Å². The monoisotopic (exact) mass is 445 g/mol. The number of hydrogen-bond donors (Lipinski definition) is 0. The van der Waals surface area contributed by atoms with Crippen LogP contribution in [0, 0.1) is 16.7 Å². The van der Waals surface area contributed by atoms with Crippen molar-refractivity contribution in [1.82, 2.24) is 9.97 Å². The van der Waals surface area contributed by atoms with Crippen LogP contribution in [0.3, 0.4) is 0 Å². The minimum Gasteiger partial charge on any atom is -0.240 e. The zero-order chi connectivity index (χ0) is 23.4. The quantitative estimate of drug-likeness (QED) is 0.289. The summed E-state index contributed by atoms with van der Waals surface area (Å²) in [5.74, 6) is 1.35. The smallest absolute Gasteiger partial charge is 0.131 e. The average Bonchev–Trinajstić information content (AvgIpc) is 2.88. The Morgan fingerprint density at radius 2 is 1.42 bits per heavy atom. The SMILES string of the molecule is CCCCCCCCCc1ccc(-c2cnc(C3CCC(C#N)(CCCC)CC3)nc2)cc1. The molecule has 33 heavy (non-hydrogen) atoms. The summed E-state index contributed by atoms with van der Waals surface area (Å²) in [5, 5.41) is 9.73. The minimum atomic E-state index is -0.108. The van der Waals surface area contributed by atoms with E-state index in [1.807, 2.05) is 12.4 Å². The van der Waals surface area contributed by atoms with Gasteiger partial charge in [-0.3, -0.25) is 0 Å². The predicted octanol–water partition coefficient (Wildman–Crippen LogP) is 8.79. The summed E-state index contributed by atoms with van der Waals surface area (Å²) in [6.07, 6.45) is 22.0. The Bertz CT molecular complexity index is 840. The van der Waals surface area contributed by atoms with E-state index in [4.69, 9.17) is 9.97 Å². The van der Waals surface area contributed by atoms with Crippen LogP contribution in [-0.2, 0) is 6.42 Å². The van der Waals surface area contributed by atoms with Gasteiger partial charge in [0, 0.05) is 23.9 Å². The van der Waals surface area contributed by atoms with Crippen molar-refractivity contribution in [3.63, 3.8) is 0 Å². The Kier molecular flexibility index (Phi) is 10.4. The first-order valence-corrected chi connectivity index (χ1v) is 13.5. The molecule has 0 spiro atoms. The Morgan fingerprint density at radius 1 is 0.818 bits per heavy atom. The fraction of sp³-hybridized carbons (Fsp3) is 0.633. The number of aromatic nitrogens is 2. The number of rotatable bonds is 13. The molecule has 1 saturated carbocycles. The maximum atomic E-state index is 9.73. The molecule has 0 unspecified atom stereocenters. The van der Waals surface area contributed by atoms with Gasteiger partial charge in [-0.05, 0) is 56.1 Å². The van der Waals surface area contributed by atoms with Crippen molar-refractivity contribution in [3.05, 3.63) is 48.0 Å². The van der Waals surface area contributed by atoms with E-state index in [0.29, 0.717) is 5.92 Å². The molecule has 0 N–H and O–H groups in total. The highest BCUT2D eigenvalue weighted by Gasteiger charge is 2.36. The lowest BCUT2D eigenvalue weighted by Crippen LogP contribution is -2.26. The van der Waals surface area contributed by atoms with Gasteiger partial charge in [0.25, 0.3) is 0 Å². The van der Waals surface area contributed by atoms with Gasteiger partial charge in [0.2, 0.25) is 0 Å². The molecule has 1 fully saturated rings. The summed E-state index contributed by atoms with van der Waals surface area (Å²) < 4.78 is 0. The normalized spacial score (nSPS) is 20.5. The Labute approximate surface area is 202 Å². The second-order valence-electron chi connectivity index (χ2n) is 10.2. The van der Waals surface area contributed by atoms with Crippen LogP contribution in [0.15, 0.2) is 36.7 Å². The van der Waals surface area contributed by atoms with E-state index in [1.54, 1.807) is 0 Å². The van der Waals surface area contributed by atoms with Crippen molar-refractivity contribution in [3.8, 4) is 17.2 Å². The molecular weight excluding hydrogens is 402 g/mol. The van der Waals surface area contributed by atoms with Crippen molar-refractivity contribution < 1.29 is 0 Å². The molecule has 1 aliphatic rings. The molecule has 3 heteroatoms. The van der Waals surface area contributed by atoms with Crippen LogP contribution in [0.4, 0.5) is 0 Å². The second-order valence-corrected chi connectivity index (χ2v) is 10.2. The van der Waals surface area contributed by atoms with Gasteiger partial charge >= 0.3 is 0 Å². The van der Waals surface area contributed by atoms with E-state index in [0.717, 1.165) is 56.3 Å². The lowest BCUT2D eigenvalue weighted by molar-refractivity contribution is 0.221. The fourth-order valence-electron chi connectivity index (χ4n) is 5.21. The summed E-state index contributed by atoms with van der Waals surface area (Å²) in [7, 11) is 0. The number of benzene rings is 1. The molecular formula is C30H43N3. The summed E-state index contributed by atoms with van der Waals surface area (Å²) in [6.45, 7) is 4.48. The van der Waals surface area contributed by atoms with Crippen LogP contribution >= 0.6 is 0 Å². The average molecular weight is 446 g/mol. The van der Waals surface area contributed by atoms with E-state index in [1.165, 1.54) is 62.5 Å². The van der Waals surface area contributed by atoms with Crippen molar-refractivity contribution in [2.45, 2.75) is 116 Å². The number of nitrogens with zero attached hydrogens (tertiary/aromatic N) is 3. The Hall–Kier alpha value is -2.21. The first-order valence-electron chi connectivity index (χ1n) is 13.5. The highest BCUT2D eigenvalue weighted by Crippen LogP contribution is 2.44. The van der Waals surface area contributed by atoms with Crippen LogP contribution < -0.4 is 0 Å². The minimum absolute atomic E-state index is 0.108. The van der Waals surface area contributed by atoms with Gasteiger partial charge in [0.15, 0.2) is 0 Å². The molecule has 0 radical (unpaired) electrons. The molecule has 2 aromatic rings. The molecule has 178 valence electrons. The molecule has 0 saturated heterocycles. The van der Waals surface area contributed by atoms with Crippen molar-refractivity contribution in [1.29, 1.82) is 5.26 Å². The van der Waals surface area contributed by atoms with Gasteiger partial charge in [0.05, 0.1) is 11.5 Å². The van der Waals surface area contributed by atoms with Gasteiger partial charge < -0.3 is 0 Å². The predicted molar refractivity (Wildman–Crippen MR) is 138 cm³/mol. The Balaban J connectivity index is 1.47. The van der Waals surface area contributed by atoms with Crippen LogP contribution in [-0.4, -0.2) is 9.97 Å². The molecule has 0 aliphatic heterocycles. The van der Waals surface area contributed by atoms with Gasteiger partial charge in [0.1, 0.15) is 5.82 Å². The molecule has 1 aliphatic carbocycles. The van der Waals surface area contributed by atoms with Gasteiger partial charge in [-0.15, -0.1) is 0 Å². The third kappa shape index (κ3) is 7.66. The fourth-order valence-corrected chi connectivity index (χ4v) is 5.21. The van der Waals surface area contributed by atoms with Crippen LogP contribution in [0.2, 0.25) is 0 Å². The molecule has 3 nitrogen and oxygen atoms in total. The number of unbranched alkanes of at least 4 members (excludes halogenated alkanes) is 7. The third-order valence-corrected chi connectivity index (χ3v) is 7.58. The highest BCUT2D eigenvalue weighted by molar-refractivity contribution is 5.61. The zero-order valence-electron chi connectivity index (χ0n) is 21.0. The molecule has 0 atom stereocenters. The van der Waals surface area contributed by atoms with E-state index in [9.17, 15) is 5.26 Å². The van der Waals surface area contributed by atoms with E-state index in [2.05, 4.69) is 44.2 Å². The number of aryl methyl sites for hydroxylation is 1. The van der Waals surface area contributed by atoms with E-state index in [-0.39, 0.29) is 5.41 Å². The molecule has 3 rings (SSSR count). The summed E-state index contributed by atoms with van der Waals surface area (Å²) in [4.78, 5) is 9.47. The largest absolute Gasteiger partial charge is 0.240 e. The van der Waals surface area contributed by atoms with Crippen molar-refractivity contribution in [2.24, 2.45) is 5.41 Å². The van der Waals surface area contributed by atoms with Crippen LogP contribution in [0.5, 0.6) is 0 Å². The van der Waals surface area contributed by atoms with Crippen LogP contribution in [0.1, 0.15) is 121 Å². The molecule has 0 bridgehead atoms. The molecule has 0 amide bonds. The Morgan fingerprint density at radius 3 is 2.03 bits per heavy atom. The van der Waals surface area contributed by atoms with Crippen molar-refractivity contribution in [2.75, 3.05) is 0 Å². The van der Waals surface area contributed by atoms with Crippen molar-refractivity contribution >= 4 is 0 Å². The molecule has 1 aromatic carbocycles. The summed E-state index contributed by atoms with van der Waals surface area (Å²) in [5.41, 5.74) is 3.60. The molecule has 1 aromatic heterocycles. The standard InChI is InChI=1S/C30H43N3/c1-3-5-7-8-9-10-11-12-25-13-15-26(16-14-25)28-22-32-29(33-23-28)27-17-20-30(24-31,21-18-27)19-6-4-2/h13-16,22-23,27H,3-12,17-21H2,1-2H3. The lowest BCUT2D eigenvalue weighted by atomic mass is 9.68. The first-order chi connectivity index (χ1) is 16.2. The third-order valence-electron chi connectivity index (χ3n) is 7.58. The lowest BCUT2D eigenvalue weighted by Gasteiger charge is -2.34. The number of nitriles is 1. The van der Waals surface area contributed by atoms with E-state index < -0.39 is 0 Å². The highest BCUT2D eigenvalue weighted by atomic mass is 14.9. The zero-order valence-corrected chi connectivity index (χ0v) is 21.0. The summed E-state index contributed by atoms with van der Waals surface area (Å²) in [6, 6.07) is 11.6.